The molecule has 15 nitrogen and oxygen atoms in total. The number of carbonyl (C=O) groups excluding carboxylic acids is 4. The highest BCUT2D eigenvalue weighted by atomic mass is 28.3. The lowest BCUT2D eigenvalue weighted by Crippen LogP contribution is -2.53. The molecule has 0 spiro atoms. The first kappa shape index (κ1) is 41.5. The van der Waals surface area contributed by atoms with Crippen LogP contribution in [0.4, 0.5) is 9.59 Å². The summed E-state index contributed by atoms with van der Waals surface area (Å²) >= 11 is 0. The number of amides is 4. The Kier molecular flexibility index (Phi) is 13.9. The van der Waals surface area contributed by atoms with Crippen LogP contribution in [-0.4, -0.2) is 104 Å². The van der Waals surface area contributed by atoms with E-state index >= 15 is 0 Å². The summed E-state index contributed by atoms with van der Waals surface area (Å²) in [6.07, 6.45) is 1.39. The van der Waals surface area contributed by atoms with E-state index in [1.165, 1.54) is 21.3 Å². The molecule has 5 rings (SSSR count). The van der Waals surface area contributed by atoms with Gasteiger partial charge in [0.2, 0.25) is 11.8 Å². The second-order valence-corrected chi connectivity index (χ2v) is 17.3. The van der Waals surface area contributed by atoms with Crippen molar-refractivity contribution in [2.24, 2.45) is 5.92 Å². The fraction of sp³-hybridized carbons (Fsp3) is 0.450. The topological polar surface area (TPSA) is 193 Å². The number of aromatic amines is 2. The maximum absolute atomic E-state index is 13.6. The zero-order valence-corrected chi connectivity index (χ0v) is 34.1. The molecule has 4 aromatic rings. The number of nitrogens with zero attached hydrogens (tertiary/aromatic N) is 3. The van der Waals surface area contributed by atoms with Gasteiger partial charge in [0.05, 0.1) is 55.3 Å². The molecule has 1 aliphatic heterocycles. The molecule has 4 amide bonds. The molecule has 0 saturated carbocycles. The highest BCUT2D eigenvalue weighted by Crippen LogP contribution is 2.33. The lowest BCUT2D eigenvalue weighted by molar-refractivity contribution is -0.135. The fourth-order valence-corrected chi connectivity index (χ4v) is 7.71. The maximum atomic E-state index is 13.6. The molecule has 2 aromatic carbocycles. The second-order valence-electron chi connectivity index (χ2n) is 14.4. The van der Waals surface area contributed by atoms with E-state index in [0.29, 0.717) is 24.2 Å². The molecule has 5 N–H and O–H groups in total. The number of nitrogens with one attached hydrogen (secondary N) is 5. The summed E-state index contributed by atoms with van der Waals surface area (Å²) in [6, 6.07) is 12.0. The number of hydrogen-bond acceptors (Lipinski definition) is 9. The number of carbonyl (C=O) groups is 4. The number of ether oxygens (including phenoxy) is 3. The Bertz CT molecular complexity index is 2070. The first-order valence-corrected chi connectivity index (χ1v) is 21.3. The van der Waals surface area contributed by atoms with Gasteiger partial charge in [-0.25, -0.2) is 19.6 Å². The Hall–Kier alpha value is -5.66. The molecule has 1 radical (unpaired) electrons. The van der Waals surface area contributed by atoms with Crippen LogP contribution in [0.5, 0.6) is 0 Å². The van der Waals surface area contributed by atoms with Gasteiger partial charge >= 0.3 is 12.2 Å². The summed E-state index contributed by atoms with van der Waals surface area (Å²) in [6.45, 7) is 10.4. The number of H-pyrrole nitrogens is 2. The lowest BCUT2D eigenvalue weighted by Gasteiger charge is -2.29. The fourth-order valence-electron chi connectivity index (χ4n) is 6.60. The highest BCUT2D eigenvalue weighted by molar-refractivity contribution is 6.55. The number of rotatable bonds is 13. The number of fused-ring (bicyclic) bond motifs is 1. The van der Waals surface area contributed by atoms with Crippen LogP contribution in [0.3, 0.4) is 0 Å². The van der Waals surface area contributed by atoms with Crippen LogP contribution in [-0.2, 0) is 23.8 Å². The van der Waals surface area contributed by atoms with Crippen LogP contribution in [0.1, 0.15) is 68.5 Å². The van der Waals surface area contributed by atoms with E-state index in [-0.39, 0.29) is 17.9 Å². The molecule has 0 aliphatic carbocycles. The van der Waals surface area contributed by atoms with Crippen molar-refractivity contribution in [3.63, 3.8) is 0 Å². The van der Waals surface area contributed by atoms with E-state index in [1.54, 1.807) is 18.0 Å². The summed E-state index contributed by atoms with van der Waals surface area (Å²) < 4.78 is 14.8. The predicted molar refractivity (Wildman–Crippen MR) is 213 cm³/mol. The van der Waals surface area contributed by atoms with Gasteiger partial charge in [0.15, 0.2) is 0 Å². The van der Waals surface area contributed by atoms with Crippen molar-refractivity contribution < 1.29 is 33.4 Å². The normalized spacial score (nSPS) is 16.1. The van der Waals surface area contributed by atoms with E-state index in [9.17, 15) is 19.2 Å². The van der Waals surface area contributed by atoms with Crippen molar-refractivity contribution in [3.05, 3.63) is 71.4 Å². The number of imidazole rings is 2. The first-order valence-electron chi connectivity index (χ1n) is 18.6. The van der Waals surface area contributed by atoms with E-state index in [1.807, 2.05) is 56.3 Å². The minimum absolute atomic E-state index is 0.118. The molecule has 297 valence electrons. The Labute approximate surface area is 328 Å². The zero-order chi connectivity index (χ0) is 40.5. The molecule has 1 aliphatic rings. The van der Waals surface area contributed by atoms with Crippen molar-refractivity contribution in [2.45, 2.75) is 83.0 Å². The Morgan fingerprint density at radius 1 is 0.911 bits per heavy atom. The SMILES string of the molecule is COC(=O)N[C@H](C(=O)N1CCC[C@H]1c1nc2ccc(C#Cc3ccc(-c4cnc([C@H](C[Si](C)C)NC(=O)[C@@H](NC(=O)OC)C(C)OC)[nH]4)cc3)cc2[nH]1)C(C)C. The van der Waals surface area contributed by atoms with Crippen molar-refractivity contribution in [1.82, 2.24) is 40.8 Å². The zero-order valence-electron chi connectivity index (χ0n) is 33.1. The third kappa shape index (κ3) is 10.1. The summed E-state index contributed by atoms with van der Waals surface area (Å²) in [5.74, 6) is 7.13. The van der Waals surface area contributed by atoms with Crippen LogP contribution in [0.15, 0.2) is 48.7 Å². The average Bonchev–Trinajstić information content (AvgIpc) is 3.97. The molecular formula is C40H51N8O7Si. The number of benzene rings is 2. The number of methoxy groups -OCH3 is 3. The molecule has 5 atom stereocenters. The third-order valence-corrected chi connectivity index (χ3v) is 11.0. The predicted octanol–water partition coefficient (Wildman–Crippen LogP) is 5.07. The minimum Gasteiger partial charge on any atom is -0.453 e. The smallest absolute Gasteiger partial charge is 0.407 e. The summed E-state index contributed by atoms with van der Waals surface area (Å²) in [7, 11) is 3.20. The highest BCUT2D eigenvalue weighted by Gasteiger charge is 2.37. The Balaban J connectivity index is 1.27. The van der Waals surface area contributed by atoms with Gasteiger partial charge in [-0.3, -0.25) is 9.59 Å². The van der Waals surface area contributed by atoms with E-state index in [2.05, 4.69) is 55.8 Å². The van der Waals surface area contributed by atoms with Gasteiger partial charge < -0.3 is 45.0 Å². The Morgan fingerprint density at radius 3 is 2.21 bits per heavy atom. The molecule has 2 aromatic heterocycles. The second kappa shape index (κ2) is 18.8. The van der Waals surface area contributed by atoms with Gasteiger partial charge in [-0.05, 0) is 67.6 Å². The quantitative estimate of drug-likeness (QED) is 0.0910. The first-order chi connectivity index (χ1) is 26.8. The molecule has 1 fully saturated rings. The standard InChI is InChI=1S/C40H51N8O7Si/c1-23(2)33(46-39(51)54-5)38(50)48-19-9-10-32(48)36-42-28-18-15-26(20-29(28)43-36)12-11-25-13-16-27(17-14-25)30-21-41-35(44-30)31(22-56(7)8)45-37(49)34(24(3)53-4)47-40(52)55-6/h13-18,20-21,23-24,31-34H,9-10,19,22H2,1-8H3,(H,41,44)(H,42,43)(H,45,49)(H,46,51)(H,47,52)/t24?,31-,32-,33-,34-/m0/s1. The summed E-state index contributed by atoms with van der Waals surface area (Å²) in [5, 5.41) is 8.30. The number of likely N-dealkylation sites (tertiary alicyclic amines) is 1. The van der Waals surface area contributed by atoms with Gasteiger partial charge in [-0.1, -0.05) is 50.9 Å². The van der Waals surface area contributed by atoms with Crippen LogP contribution >= 0.6 is 0 Å². The molecule has 56 heavy (non-hydrogen) atoms. The molecule has 1 saturated heterocycles. The molecule has 1 unspecified atom stereocenters. The maximum Gasteiger partial charge on any atom is 0.407 e. The van der Waals surface area contributed by atoms with E-state index in [4.69, 9.17) is 19.2 Å². The van der Waals surface area contributed by atoms with Gasteiger partial charge in [0.25, 0.3) is 0 Å². The van der Waals surface area contributed by atoms with Crippen molar-refractivity contribution in [2.75, 3.05) is 27.9 Å². The molecular weight excluding hydrogens is 733 g/mol. The summed E-state index contributed by atoms with van der Waals surface area (Å²) in [5.41, 5.74) is 4.92. The van der Waals surface area contributed by atoms with Gasteiger partial charge in [0, 0.05) is 33.6 Å². The number of alkyl carbamates (subject to hydrolysis) is 2. The van der Waals surface area contributed by atoms with Crippen molar-refractivity contribution in [3.8, 4) is 23.1 Å². The average molecular weight is 784 g/mol. The van der Waals surface area contributed by atoms with Crippen LogP contribution in [0.25, 0.3) is 22.3 Å². The Morgan fingerprint density at radius 2 is 1.57 bits per heavy atom. The molecule has 3 heterocycles. The van der Waals surface area contributed by atoms with Crippen molar-refractivity contribution >= 4 is 43.8 Å². The van der Waals surface area contributed by atoms with Crippen LogP contribution in [0, 0.1) is 17.8 Å². The van der Waals surface area contributed by atoms with Crippen LogP contribution in [0.2, 0.25) is 19.1 Å². The van der Waals surface area contributed by atoms with Crippen LogP contribution < -0.4 is 16.0 Å². The van der Waals surface area contributed by atoms with Gasteiger partial charge in [-0.15, -0.1) is 0 Å². The summed E-state index contributed by atoms with van der Waals surface area (Å²) in [4.78, 5) is 68.8. The molecule has 0 bridgehead atoms. The molecule has 16 heteroatoms. The number of hydrogen-bond donors (Lipinski definition) is 5. The third-order valence-electron chi connectivity index (χ3n) is 9.73. The largest absolute Gasteiger partial charge is 0.453 e. The number of aromatic nitrogens is 4. The monoisotopic (exact) mass is 783 g/mol. The van der Waals surface area contributed by atoms with Crippen molar-refractivity contribution in [1.29, 1.82) is 0 Å². The van der Waals surface area contributed by atoms with Gasteiger partial charge in [-0.2, -0.15) is 0 Å². The lowest BCUT2D eigenvalue weighted by atomic mass is 10.0. The van der Waals surface area contributed by atoms with E-state index < -0.39 is 51.1 Å². The minimum atomic E-state index is -0.955. The van der Waals surface area contributed by atoms with Gasteiger partial charge in [0.1, 0.15) is 23.7 Å². The van der Waals surface area contributed by atoms with E-state index in [0.717, 1.165) is 46.3 Å².